The molecule has 19 heavy (non-hydrogen) atoms. The molecule has 0 spiro atoms. The first-order valence-electron chi connectivity index (χ1n) is 6.35. The minimum Gasteiger partial charge on any atom is -0.383 e. The summed E-state index contributed by atoms with van der Waals surface area (Å²) in [6.07, 6.45) is 1.78. The lowest BCUT2D eigenvalue weighted by molar-refractivity contribution is 0.774. The predicted molar refractivity (Wildman–Crippen MR) is 76.8 cm³/mol. The Morgan fingerprint density at radius 2 is 2.05 bits per heavy atom. The van der Waals surface area contributed by atoms with E-state index in [0.29, 0.717) is 12.4 Å². The summed E-state index contributed by atoms with van der Waals surface area (Å²) in [4.78, 5) is 13.1. The molecular formula is C14H19N5. The number of hydrogen-bond donors (Lipinski definition) is 2. The van der Waals surface area contributed by atoms with E-state index < -0.39 is 0 Å². The van der Waals surface area contributed by atoms with Crippen LogP contribution in [0.3, 0.4) is 0 Å². The number of nitrogens with two attached hydrogens (primary N) is 1. The van der Waals surface area contributed by atoms with E-state index in [1.807, 2.05) is 39.0 Å². The summed E-state index contributed by atoms with van der Waals surface area (Å²) in [5.74, 6) is 2.31. The maximum atomic E-state index is 5.92. The Balaban J connectivity index is 2.20. The molecular weight excluding hydrogens is 238 g/mol. The van der Waals surface area contributed by atoms with Gasteiger partial charge in [-0.1, -0.05) is 19.9 Å². The molecule has 0 aliphatic rings. The average Bonchev–Trinajstić information content (AvgIpc) is 2.41. The van der Waals surface area contributed by atoms with Crippen molar-refractivity contribution in [3.63, 3.8) is 0 Å². The molecule has 3 N–H and O–H groups in total. The van der Waals surface area contributed by atoms with Gasteiger partial charge in [0.1, 0.15) is 17.5 Å². The number of nitrogen functional groups attached to an aromatic ring is 1. The number of nitrogens with zero attached hydrogens (tertiary/aromatic N) is 3. The molecule has 0 aliphatic carbocycles. The lowest BCUT2D eigenvalue weighted by atomic mass is 10.2. The molecule has 2 heterocycles. The molecule has 2 rings (SSSR count). The minimum absolute atomic E-state index is 0.248. The van der Waals surface area contributed by atoms with E-state index in [0.717, 1.165) is 22.9 Å². The Morgan fingerprint density at radius 3 is 2.68 bits per heavy atom. The normalized spacial score (nSPS) is 10.7. The van der Waals surface area contributed by atoms with Crippen LogP contribution >= 0.6 is 0 Å². The smallest absolute Gasteiger partial charge is 0.135 e. The Kier molecular flexibility index (Phi) is 3.94. The highest BCUT2D eigenvalue weighted by atomic mass is 15.1. The molecule has 0 aliphatic heterocycles. The van der Waals surface area contributed by atoms with Crippen molar-refractivity contribution < 1.29 is 0 Å². The van der Waals surface area contributed by atoms with E-state index in [1.54, 1.807) is 6.20 Å². The molecule has 100 valence electrons. The van der Waals surface area contributed by atoms with E-state index in [9.17, 15) is 0 Å². The number of aromatic nitrogens is 3. The fraction of sp³-hybridized carbons (Fsp3) is 0.357. The van der Waals surface area contributed by atoms with Crippen LogP contribution in [0.25, 0.3) is 0 Å². The van der Waals surface area contributed by atoms with Gasteiger partial charge in [0.25, 0.3) is 0 Å². The summed E-state index contributed by atoms with van der Waals surface area (Å²) in [6.45, 7) is 6.63. The zero-order chi connectivity index (χ0) is 13.8. The molecule has 0 unspecified atom stereocenters. The van der Waals surface area contributed by atoms with Crippen molar-refractivity contribution in [2.75, 3.05) is 11.1 Å². The van der Waals surface area contributed by atoms with Crippen LogP contribution in [0, 0.1) is 6.92 Å². The van der Waals surface area contributed by atoms with Gasteiger partial charge in [-0.3, -0.25) is 4.98 Å². The van der Waals surface area contributed by atoms with Crippen molar-refractivity contribution in [3.05, 3.63) is 41.5 Å². The number of nitrogens with one attached hydrogen (secondary N) is 1. The van der Waals surface area contributed by atoms with Crippen LogP contribution in [0.2, 0.25) is 0 Å². The average molecular weight is 257 g/mol. The molecule has 0 amide bonds. The Morgan fingerprint density at radius 1 is 1.26 bits per heavy atom. The van der Waals surface area contributed by atoms with E-state index in [-0.39, 0.29) is 5.92 Å². The summed E-state index contributed by atoms with van der Waals surface area (Å²) in [7, 11) is 0. The summed E-state index contributed by atoms with van der Waals surface area (Å²) >= 11 is 0. The van der Waals surface area contributed by atoms with Crippen molar-refractivity contribution >= 4 is 11.6 Å². The second-order valence-electron chi connectivity index (χ2n) is 4.77. The van der Waals surface area contributed by atoms with Crippen molar-refractivity contribution in [2.45, 2.75) is 33.2 Å². The van der Waals surface area contributed by atoms with Gasteiger partial charge in [0, 0.05) is 17.7 Å². The molecule has 0 saturated heterocycles. The van der Waals surface area contributed by atoms with Gasteiger partial charge in [0.2, 0.25) is 0 Å². The van der Waals surface area contributed by atoms with Gasteiger partial charge in [0.05, 0.1) is 12.2 Å². The zero-order valence-electron chi connectivity index (χ0n) is 11.5. The first-order chi connectivity index (χ1) is 9.08. The Labute approximate surface area is 113 Å². The standard InChI is InChI=1S/C14H19N5/c1-9(2)13-18-12(15)10(3)14(19-13)17-8-11-6-4-5-7-16-11/h4-7,9H,8H2,1-3H3,(H3,15,17,18,19). The highest BCUT2D eigenvalue weighted by Gasteiger charge is 2.11. The molecule has 0 atom stereocenters. The Bertz CT molecular complexity index is 551. The van der Waals surface area contributed by atoms with Crippen LogP contribution in [0.1, 0.15) is 36.8 Å². The highest BCUT2D eigenvalue weighted by molar-refractivity contribution is 5.55. The quantitative estimate of drug-likeness (QED) is 0.880. The van der Waals surface area contributed by atoms with Gasteiger partial charge in [-0.15, -0.1) is 0 Å². The minimum atomic E-state index is 0.248. The lowest BCUT2D eigenvalue weighted by Crippen LogP contribution is -2.10. The molecule has 2 aromatic rings. The largest absolute Gasteiger partial charge is 0.383 e. The van der Waals surface area contributed by atoms with Crippen molar-refractivity contribution in [2.24, 2.45) is 0 Å². The zero-order valence-corrected chi connectivity index (χ0v) is 11.5. The summed E-state index contributed by atoms with van der Waals surface area (Å²) < 4.78 is 0. The van der Waals surface area contributed by atoms with Crippen LogP contribution in [0.4, 0.5) is 11.6 Å². The van der Waals surface area contributed by atoms with Crippen molar-refractivity contribution in [1.82, 2.24) is 15.0 Å². The van der Waals surface area contributed by atoms with E-state index >= 15 is 0 Å². The summed E-state index contributed by atoms with van der Waals surface area (Å²) in [5.41, 5.74) is 7.76. The van der Waals surface area contributed by atoms with Crippen LogP contribution in [-0.2, 0) is 6.54 Å². The van der Waals surface area contributed by atoms with Gasteiger partial charge >= 0.3 is 0 Å². The van der Waals surface area contributed by atoms with Crippen molar-refractivity contribution in [3.8, 4) is 0 Å². The maximum Gasteiger partial charge on any atom is 0.135 e. The predicted octanol–water partition coefficient (Wildman–Crippen LogP) is 2.50. The first-order valence-corrected chi connectivity index (χ1v) is 6.35. The van der Waals surface area contributed by atoms with E-state index in [4.69, 9.17) is 5.73 Å². The van der Waals surface area contributed by atoms with Crippen LogP contribution in [0.15, 0.2) is 24.4 Å². The second kappa shape index (κ2) is 5.65. The van der Waals surface area contributed by atoms with E-state index in [1.165, 1.54) is 0 Å². The van der Waals surface area contributed by atoms with Crippen LogP contribution in [-0.4, -0.2) is 15.0 Å². The summed E-state index contributed by atoms with van der Waals surface area (Å²) in [5, 5.41) is 3.27. The molecule has 0 radical (unpaired) electrons. The molecule has 0 aromatic carbocycles. The molecule has 2 aromatic heterocycles. The number of hydrogen-bond acceptors (Lipinski definition) is 5. The van der Waals surface area contributed by atoms with Gasteiger partial charge in [-0.25, -0.2) is 9.97 Å². The monoisotopic (exact) mass is 257 g/mol. The fourth-order valence-corrected chi connectivity index (χ4v) is 1.66. The maximum absolute atomic E-state index is 5.92. The van der Waals surface area contributed by atoms with Crippen LogP contribution < -0.4 is 11.1 Å². The fourth-order valence-electron chi connectivity index (χ4n) is 1.66. The third-order valence-corrected chi connectivity index (χ3v) is 2.88. The Hall–Kier alpha value is -2.17. The third-order valence-electron chi connectivity index (χ3n) is 2.88. The molecule has 0 saturated carbocycles. The highest BCUT2D eigenvalue weighted by Crippen LogP contribution is 2.21. The lowest BCUT2D eigenvalue weighted by Gasteiger charge is -2.13. The van der Waals surface area contributed by atoms with E-state index in [2.05, 4.69) is 20.3 Å². The number of pyridine rings is 1. The van der Waals surface area contributed by atoms with Crippen LogP contribution in [0.5, 0.6) is 0 Å². The number of rotatable bonds is 4. The molecule has 0 fully saturated rings. The molecule has 0 bridgehead atoms. The first kappa shape index (κ1) is 13.3. The van der Waals surface area contributed by atoms with Gasteiger partial charge in [-0.05, 0) is 19.1 Å². The van der Waals surface area contributed by atoms with Gasteiger partial charge in [0.15, 0.2) is 0 Å². The third kappa shape index (κ3) is 3.19. The van der Waals surface area contributed by atoms with Gasteiger partial charge < -0.3 is 11.1 Å². The SMILES string of the molecule is Cc1c(N)nc(C(C)C)nc1NCc1ccccn1. The molecule has 5 heteroatoms. The van der Waals surface area contributed by atoms with Gasteiger partial charge in [-0.2, -0.15) is 0 Å². The van der Waals surface area contributed by atoms with Crippen molar-refractivity contribution in [1.29, 1.82) is 0 Å². The topological polar surface area (TPSA) is 76.7 Å². The molecule has 5 nitrogen and oxygen atoms in total. The second-order valence-corrected chi connectivity index (χ2v) is 4.77. The summed E-state index contributed by atoms with van der Waals surface area (Å²) in [6, 6.07) is 5.83. The number of anilines is 2.